The Morgan fingerprint density at radius 3 is 2.52 bits per heavy atom. The molecule has 0 unspecified atom stereocenters. The zero-order valence-corrected chi connectivity index (χ0v) is 12.8. The Bertz CT molecular complexity index is 877. The average molecular weight is 321 g/mol. The molecule has 0 radical (unpaired) electrons. The fraction of sp³-hybridized carbons (Fsp3) is 0.143. The van der Waals surface area contributed by atoms with Gasteiger partial charge in [-0.15, -0.1) is 11.3 Å². The van der Waals surface area contributed by atoms with Gasteiger partial charge in [0.05, 0.1) is 4.90 Å². The molecule has 3 aromatic rings. The number of thiophene rings is 1. The van der Waals surface area contributed by atoms with Crippen LogP contribution in [-0.2, 0) is 16.4 Å². The molecule has 0 atom stereocenters. The van der Waals surface area contributed by atoms with Crippen molar-refractivity contribution >= 4 is 37.3 Å². The third-order valence-corrected chi connectivity index (χ3v) is 6.02. The average Bonchev–Trinajstić information content (AvgIpc) is 3.03. The number of hydrogen-bond acceptors (Lipinski definition) is 5. The maximum Gasteiger partial charge on any atom is 0.268 e. The van der Waals surface area contributed by atoms with E-state index in [-0.39, 0.29) is 4.90 Å². The third kappa shape index (κ3) is 2.33. The van der Waals surface area contributed by atoms with Gasteiger partial charge in [0.2, 0.25) is 0 Å². The van der Waals surface area contributed by atoms with Gasteiger partial charge >= 0.3 is 0 Å². The van der Waals surface area contributed by atoms with Gasteiger partial charge in [0, 0.05) is 17.3 Å². The van der Waals surface area contributed by atoms with E-state index < -0.39 is 10.0 Å². The molecule has 0 amide bonds. The Morgan fingerprint density at radius 1 is 1.14 bits per heavy atom. The second kappa shape index (κ2) is 5.18. The van der Waals surface area contributed by atoms with Gasteiger partial charge < -0.3 is 11.5 Å². The number of nitrogens with zero attached hydrogens (tertiary/aromatic N) is 1. The molecule has 0 aliphatic heterocycles. The van der Waals surface area contributed by atoms with Crippen LogP contribution >= 0.6 is 11.3 Å². The number of rotatable bonds is 4. The van der Waals surface area contributed by atoms with E-state index in [9.17, 15) is 8.42 Å². The van der Waals surface area contributed by atoms with Crippen molar-refractivity contribution < 1.29 is 8.42 Å². The van der Waals surface area contributed by atoms with Crippen molar-refractivity contribution in [1.82, 2.24) is 3.97 Å². The van der Waals surface area contributed by atoms with Crippen molar-refractivity contribution in [2.45, 2.75) is 11.3 Å². The zero-order valence-electron chi connectivity index (χ0n) is 11.2. The molecule has 110 valence electrons. The molecule has 2 heterocycles. The van der Waals surface area contributed by atoms with Gasteiger partial charge in [-0.2, -0.15) is 0 Å². The summed E-state index contributed by atoms with van der Waals surface area (Å²) in [6.45, 7) is 0.483. The molecule has 0 aliphatic rings. The van der Waals surface area contributed by atoms with Gasteiger partial charge in [-0.3, -0.25) is 0 Å². The van der Waals surface area contributed by atoms with Gasteiger partial charge in [0.1, 0.15) is 4.83 Å². The summed E-state index contributed by atoms with van der Waals surface area (Å²) < 4.78 is 26.9. The smallest absolute Gasteiger partial charge is 0.268 e. The maximum absolute atomic E-state index is 12.8. The number of nitrogens with two attached hydrogens (primary N) is 2. The molecular formula is C14H15N3O2S2. The summed E-state index contributed by atoms with van der Waals surface area (Å²) in [5.74, 6) is 0. The highest BCUT2D eigenvalue weighted by Crippen LogP contribution is 2.30. The van der Waals surface area contributed by atoms with E-state index in [1.165, 1.54) is 27.4 Å². The molecule has 0 bridgehead atoms. The SMILES string of the molecule is NCCc1cn(S(=O)(=O)c2ccc(N)cc2)c2sccc12. The van der Waals surface area contributed by atoms with Gasteiger partial charge in [-0.1, -0.05) is 0 Å². The van der Waals surface area contributed by atoms with Crippen LogP contribution in [-0.4, -0.2) is 18.9 Å². The predicted molar refractivity (Wildman–Crippen MR) is 86.0 cm³/mol. The van der Waals surface area contributed by atoms with Crippen molar-refractivity contribution in [3.05, 3.63) is 47.5 Å². The zero-order chi connectivity index (χ0) is 15.0. The summed E-state index contributed by atoms with van der Waals surface area (Å²) in [5, 5.41) is 2.84. The van der Waals surface area contributed by atoms with E-state index in [2.05, 4.69) is 0 Å². The number of nitrogen functional groups attached to an aromatic ring is 1. The first-order valence-corrected chi connectivity index (χ1v) is 8.74. The minimum atomic E-state index is -3.62. The van der Waals surface area contributed by atoms with Crippen LogP contribution in [0.15, 0.2) is 46.8 Å². The van der Waals surface area contributed by atoms with Crippen LogP contribution in [0.2, 0.25) is 0 Å². The van der Waals surface area contributed by atoms with Crippen LogP contribution in [0.4, 0.5) is 5.69 Å². The lowest BCUT2D eigenvalue weighted by Crippen LogP contribution is -2.11. The summed E-state index contributed by atoms with van der Waals surface area (Å²) in [7, 11) is -3.62. The third-order valence-electron chi connectivity index (χ3n) is 3.31. The molecular weight excluding hydrogens is 306 g/mol. The fourth-order valence-electron chi connectivity index (χ4n) is 2.27. The van der Waals surface area contributed by atoms with Crippen molar-refractivity contribution in [2.24, 2.45) is 5.73 Å². The molecule has 2 aromatic heterocycles. The molecule has 0 spiro atoms. The van der Waals surface area contributed by atoms with Crippen LogP contribution in [0.5, 0.6) is 0 Å². The van der Waals surface area contributed by atoms with E-state index in [0.717, 1.165) is 15.8 Å². The first-order valence-electron chi connectivity index (χ1n) is 6.42. The van der Waals surface area contributed by atoms with Gasteiger partial charge in [-0.05, 0) is 54.2 Å². The van der Waals surface area contributed by atoms with Crippen molar-refractivity contribution in [1.29, 1.82) is 0 Å². The van der Waals surface area contributed by atoms with Crippen molar-refractivity contribution in [2.75, 3.05) is 12.3 Å². The van der Waals surface area contributed by atoms with Gasteiger partial charge in [-0.25, -0.2) is 12.4 Å². The van der Waals surface area contributed by atoms with Crippen LogP contribution in [0.25, 0.3) is 10.2 Å². The number of benzene rings is 1. The maximum atomic E-state index is 12.8. The second-order valence-electron chi connectivity index (χ2n) is 4.70. The quantitative estimate of drug-likeness (QED) is 0.719. The second-order valence-corrected chi connectivity index (χ2v) is 7.41. The first-order chi connectivity index (χ1) is 10.0. The van der Waals surface area contributed by atoms with Crippen LogP contribution < -0.4 is 11.5 Å². The molecule has 0 aliphatic carbocycles. The van der Waals surface area contributed by atoms with Crippen LogP contribution in [0, 0.1) is 0 Å². The van der Waals surface area contributed by atoms with Gasteiger partial charge in [0.25, 0.3) is 10.0 Å². The molecule has 3 rings (SSSR count). The molecule has 0 saturated heterocycles. The van der Waals surface area contributed by atoms with E-state index in [1.807, 2.05) is 11.4 Å². The predicted octanol–water partition coefficient (Wildman–Crippen LogP) is 2.02. The highest BCUT2D eigenvalue weighted by Gasteiger charge is 2.21. The summed E-state index contributed by atoms with van der Waals surface area (Å²) in [6.07, 6.45) is 2.32. The molecule has 1 aromatic carbocycles. The lowest BCUT2D eigenvalue weighted by atomic mass is 10.2. The molecule has 4 N–H and O–H groups in total. The summed E-state index contributed by atoms with van der Waals surface area (Å²) in [6, 6.07) is 8.14. The van der Waals surface area contributed by atoms with Gasteiger partial charge in [0.15, 0.2) is 0 Å². The Morgan fingerprint density at radius 2 is 1.86 bits per heavy atom. The van der Waals surface area contributed by atoms with Crippen molar-refractivity contribution in [3.8, 4) is 0 Å². The number of anilines is 1. The number of aromatic nitrogens is 1. The lowest BCUT2D eigenvalue weighted by Gasteiger charge is -2.06. The van der Waals surface area contributed by atoms with Crippen molar-refractivity contribution in [3.63, 3.8) is 0 Å². The lowest BCUT2D eigenvalue weighted by molar-refractivity contribution is 0.589. The van der Waals surface area contributed by atoms with E-state index >= 15 is 0 Å². The van der Waals surface area contributed by atoms with Crippen LogP contribution in [0.1, 0.15) is 5.56 Å². The fourth-order valence-corrected chi connectivity index (χ4v) is 4.80. The minimum absolute atomic E-state index is 0.223. The first kappa shape index (κ1) is 14.1. The van der Waals surface area contributed by atoms with E-state index in [0.29, 0.717) is 18.7 Å². The summed E-state index contributed by atoms with van der Waals surface area (Å²) in [4.78, 5) is 0.941. The van der Waals surface area contributed by atoms with E-state index in [1.54, 1.807) is 18.3 Å². The van der Waals surface area contributed by atoms with Crippen LogP contribution in [0.3, 0.4) is 0 Å². The molecule has 5 nitrogen and oxygen atoms in total. The topological polar surface area (TPSA) is 91.1 Å². The number of fused-ring (bicyclic) bond motifs is 1. The number of hydrogen-bond donors (Lipinski definition) is 2. The Hall–Kier alpha value is -1.83. The standard InChI is InChI=1S/C14H15N3O2S2/c15-7-5-10-9-17(14-13(10)6-8-20-14)21(18,19)12-3-1-11(16)2-4-12/h1-4,6,8-9H,5,7,15-16H2. The normalized spacial score (nSPS) is 12.0. The molecule has 0 fully saturated rings. The monoisotopic (exact) mass is 321 g/mol. The minimum Gasteiger partial charge on any atom is -0.399 e. The Kier molecular flexibility index (Phi) is 3.48. The largest absolute Gasteiger partial charge is 0.399 e. The molecule has 7 heteroatoms. The van der Waals surface area contributed by atoms with E-state index in [4.69, 9.17) is 11.5 Å². The molecule has 21 heavy (non-hydrogen) atoms. The summed E-state index contributed by atoms with van der Waals surface area (Å²) in [5.41, 5.74) is 12.7. The highest BCUT2D eigenvalue weighted by atomic mass is 32.2. The Balaban J connectivity index is 2.19. The molecule has 0 saturated carbocycles. The Labute approximate surface area is 126 Å². The summed E-state index contributed by atoms with van der Waals surface area (Å²) >= 11 is 1.40. The highest BCUT2D eigenvalue weighted by molar-refractivity contribution is 7.90.